The molecule has 0 saturated carbocycles. The maximum atomic E-state index is 12.7. The summed E-state index contributed by atoms with van der Waals surface area (Å²) in [4.78, 5) is 5.65. The zero-order chi connectivity index (χ0) is 12.6. The zero-order valence-corrected chi connectivity index (χ0v) is 8.77. The van der Waals surface area contributed by atoms with Gasteiger partial charge in [0.1, 0.15) is 5.82 Å². The molecule has 0 amide bonds. The molecule has 0 radical (unpaired) electrons. The Bertz CT molecular complexity index is 525. The van der Waals surface area contributed by atoms with Crippen LogP contribution in [0.1, 0.15) is 11.5 Å². The molecule has 0 aliphatic rings. The molecule has 0 fully saturated rings. The summed E-state index contributed by atoms with van der Waals surface area (Å²) in [6.07, 6.45) is -4.51. The van der Waals surface area contributed by atoms with E-state index in [2.05, 4.69) is 9.97 Å². The van der Waals surface area contributed by atoms with Crippen LogP contribution in [0, 0.1) is 12.7 Å². The molecule has 1 N–H and O–H groups in total. The predicted molar refractivity (Wildman–Crippen MR) is 53.7 cm³/mol. The number of imidazole rings is 1. The fraction of sp³-hybridized carbons (Fsp3) is 0.182. The summed E-state index contributed by atoms with van der Waals surface area (Å²) in [6, 6.07) is 5.13. The first-order chi connectivity index (χ1) is 7.88. The van der Waals surface area contributed by atoms with Crippen LogP contribution in [0.5, 0.6) is 0 Å². The minimum atomic E-state index is -4.51. The van der Waals surface area contributed by atoms with Crippen molar-refractivity contribution < 1.29 is 17.6 Å². The van der Waals surface area contributed by atoms with Gasteiger partial charge < -0.3 is 4.98 Å². The third-order valence-electron chi connectivity index (χ3n) is 2.27. The van der Waals surface area contributed by atoms with Crippen molar-refractivity contribution in [3.05, 3.63) is 41.6 Å². The minimum Gasteiger partial charge on any atom is -0.338 e. The Hall–Kier alpha value is -1.85. The molecule has 0 saturated heterocycles. The Morgan fingerprint density at radius 1 is 1.12 bits per heavy atom. The molecule has 0 bridgehead atoms. The topological polar surface area (TPSA) is 28.7 Å². The van der Waals surface area contributed by atoms with Gasteiger partial charge in [0.15, 0.2) is 0 Å². The number of alkyl halides is 3. The first-order valence-electron chi connectivity index (χ1n) is 4.77. The fourth-order valence-electron chi connectivity index (χ4n) is 1.48. The van der Waals surface area contributed by atoms with Gasteiger partial charge in [-0.05, 0) is 31.2 Å². The molecule has 0 unspecified atom stereocenters. The van der Waals surface area contributed by atoms with Gasteiger partial charge in [-0.1, -0.05) is 0 Å². The molecule has 1 aromatic carbocycles. The highest BCUT2D eigenvalue weighted by atomic mass is 19.4. The van der Waals surface area contributed by atoms with Crippen molar-refractivity contribution in [3.63, 3.8) is 0 Å². The summed E-state index contributed by atoms with van der Waals surface area (Å²) in [5, 5.41) is 0. The summed E-state index contributed by atoms with van der Waals surface area (Å²) >= 11 is 0. The van der Waals surface area contributed by atoms with Gasteiger partial charge in [-0.15, -0.1) is 0 Å². The van der Waals surface area contributed by atoms with Crippen LogP contribution in [-0.4, -0.2) is 9.97 Å². The quantitative estimate of drug-likeness (QED) is 0.763. The normalized spacial score (nSPS) is 11.8. The van der Waals surface area contributed by atoms with E-state index in [0.717, 1.165) is 0 Å². The average Bonchev–Trinajstić information content (AvgIpc) is 2.61. The smallest absolute Gasteiger partial charge is 0.338 e. The summed E-state index contributed by atoms with van der Waals surface area (Å²) in [6.45, 7) is 1.49. The van der Waals surface area contributed by atoms with Crippen molar-refractivity contribution in [1.82, 2.24) is 9.97 Å². The lowest BCUT2D eigenvalue weighted by molar-refractivity contribution is -0.144. The molecular formula is C11H8F4N2. The number of aromatic nitrogens is 2. The molecule has 90 valence electrons. The number of hydrogen-bond donors (Lipinski definition) is 1. The van der Waals surface area contributed by atoms with E-state index in [1.165, 1.54) is 31.2 Å². The molecule has 17 heavy (non-hydrogen) atoms. The molecule has 0 spiro atoms. The summed E-state index contributed by atoms with van der Waals surface area (Å²) in [7, 11) is 0. The lowest BCUT2D eigenvalue weighted by atomic mass is 10.1. The van der Waals surface area contributed by atoms with Crippen LogP contribution in [0.3, 0.4) is 0 Å². The number of halogens is 4. The molecule has 6 heteroatoms. The van der Waals surface area contributed by atoms with Crippen LogP contribution in [0.15, 0.2) is 24.3 Å². The van der Waals surface area contributed by atoms with E-state index >= 15 is 0 Å². The van der Waals surface area contributed by atoms with Gasteiger partial charge in [-0.2, -0.15) is 13.2 Å². The molecule has 0 atom stereocenters. The van der Waals surface area contributed by atoms with Gasteiger partial charge in [0, 0.05) is 11.3 Å². The summed E-state index contributed by atoms with van der Waals surface area (Å²) in [5.41, 5.74) is 0.914. The van der Waals surface area contributed by atoms with Gasteiger partial charge in [0.25, 0.3) is 0 Å². The minimum absolute atomic E-state index is 0.178. The summed E-state index contributed by atoms with van der Waals surface area (Å²) in [5.74, 6) is -1.49. The van der Waals surface area contributed by atoms with Crippen LogP contribution in [0.25, 0.3) is 11.3 Å². The molecule has 2 aromatic rings. The van der Waals surface area contributed by atoms with Crippen LogP contribution in [-0.2, 0) is 6.18 Å². The van der Waals surface area contributed by atoms with E-state index < -0.39 is 17.8 Å². The second-order valence-electron chi connectivity index (χ2n) is 3.56. The largest absolute Gasteiger partial charge is 0.449 e. The number of H-pyrrole nitrogens is 1. The average molecular weight is 244 g/mol. The van der Waals surface area contributed by atoms with Crippen molar-refractivity contribution >= 4 is 0 Å². The highest BCUT2D eigenvalue weighted by molar-refractivity contribution is 5.61. The second-order valence-corrected chi connectivity index (χ2v) is 3.56. The van der Waals surface area contributed by atoms with Crippen molar-refractivity contribution in [2.45, 2.75) is 13.1 Å². The molecule has 1 heterocycles. The highest BCUT2D eigenvalue weighted by Crippen LogP contribution is 2.30. The van der Waals surface area contributed by atoms with E-state index in [9.17, 15) is 17.6 Å². The number of nitrogens with one attached hydrogen (secondary N) is 1. The molecule has 2 nitrogen and oxygen atoms in total. The highest BCUT2D eigenvalue weighted by Gasteiger charge is 2.35. The number of benzene rings is 1. The first-order valence-corrected chi connectivity index (χ1v) is 4.77. The van der Waals surface area contributed by atoms with Gasteiger partial charge >= 0.3 is 6.18 Å². The Balaban J connectivity index is 2.46. The van der Waals surface area contributed by atoms with E-state index in [1.54, 1.807) is 0 Å². The Kier molecular flexibility index (Phi) is 2.65. The number of aryl methyl sites for hydroxylation is 1. The Morgan fingerprint density at radius 3 is 2.18 bits per heavy atom. The maximum absolute atomic E-state index is 12.7. The Morgan fingerprint density at radius 2 is 1.71 bits per heavy atom. The third-order valence-corrected chi connectivity index (χ3v) is 2.27. The second kappa shape index (κ2) is 3.87. The number of nitrogens with zero attached hydrogens (tertiary/aromatic N) is 1. The molecule has 0 aliphatic carbocycles. The SMILES string of the molecule is Cc1[nH]c(C(F)(F)F)nc1-c1ccc(F)cc1. The molecule has 1 aromatic heterocycles. The molecule has 2 rings (SSSR count). The van der Waals surface area contributed by atoms with Gasteiger partial charge in [-0.25, -0.2) is 9.37 Å². The van der Waals surface area contributed by atoms with Crippen LogP contribution < -0.4 is 0 Å². The monoisotopic (exact) mass is 244 g/mol. The van der Waals surface area contributed by atoms with E-state index in [-0.39, 0.29) is 5.69 Å². The predicted octanol–water partition coefficient (Wildman–Crippen LogP) is 3.54. The molecular weight excluding hydrogens is 236 g/mol. The van der Waals surface area contributed by atoms with Gasteiger partial charge in [0.05, 0.1) is 5.69 Å². The van der Waals surface area contributed by atoms with E-state index in [4.69, 9.17) is 0 Å². The number of hydrogen-bond acceptors (Lipinski definition) is 1. The Labute approximate surface area is 94.3 Å². The van der Waals surface area contributed by atoms with Crippen molar-refractivity contribution in [2.24, 2.45) is 0 Å². The standard InChI is InChI=1S/C11H8F4N2/c1-6-9(7-2-4-8(12)5-3-7)17-10(16-6)11(13,14)15/h2-5H,1H3,(H,16,17). The summed E-state index contributed by atoms with van der Waals surface area (Å²) < 4.78 is 49.9. The van der Waals surface area contributed by atoms with Gasteiger partial charge in [-0.3, -0.25) is 0 Å². The van der Waals surface area contributed by atoms with Crippen LogP contribution in [0.2, 0.25) is 0 Å². The van der Waals surface area contributed by atoms with Crippen molar-refractivity contribution in [2.75, 3.05) is 0 Å². The maximum Gasteiger partial charge on any atom is 0.449 e. The number of rotatable bonds is 1. The third kappa shape index (κ3) is 2.30. The van der Waals surface area contributed by atoms with Crippen molar-refractivity contribution in [1.29, 1.82) is 0 Å². The van der Waals surface area contributed by atoms with Crippen LogP contribution >= 0.6 is 0 Å². The van der Waals surface area contributed by atoms with Crippen molar-refractivity contribution in [3.8, 4) is 11.3 Å². The van der Waals surface area contributed by atoms with E-state index in [1.807, 2.05) is 0 Å². The number of aromatic amines is 1. The zero-order valence-electron chi connectivity index (χ0n) is 8.77. The van der Waals surface area contributed by atoms with Crippen LogP contribution in [0.4, 0.5) is 17.6 Å². The lowest BCUT2D eigenvalue weighted by Crippen LogP contribution is -2.07. The first kappa shape index (κ1) is 11.6. The van der Waals surface area contributed by atoms with E-state index in [0.29, 0.717) is 11.3 Å². The van der Waals surface area contributed by atoms with Gasteiger partial charge in [0.2, 0.25) is 5.82 Å². The molecule has 0 aliphatic heterocycles. The fourth-order valence-corrected chi connectivity index (χ4v) is 1.48. The lowest BCUT2D eigenvalue weighted by Gasteiger charge is -2.00.